The van der Waals surface area contributed by atoms with Gasteiger partial charge in [0.25, 0.3) is 0 Å². The molecule has 6 nitrogen and oxygen atoms in total. The van der Waals surface area contributed by atoms with Crippen LogP contribution in [0.3, 0.4) is 0 Å². The Bertz CT molecular complexity index is 205. The number of ether oxygens (including phenoxy) is 1. The molecular weight excluding hydrogens is 180 g/mol. The van der Waals surface area contributed by atoms with Crippen LogP contribution in [-0.2, 0) is 9.53 Å². The minimum Gasteiger partial charge on any atom is -0.508 e. The van der Waals surface area contributed by atoms with Crippen LogP contribution in [0, 0.1) is 0 Å². The molecule has 0 saturated carbocycles. The predicted molar refractivity (Wildman–Crippen MR) is 42.0 cm³/mol. The molecule has 0 aromatic heterocycles. The summed E-state index contributed by atoms with van der Waals surface area (Å²) in [6.45, 7) is 0.127. The van der Waals surface area contributed by atoms with Gasteiger partial charge in [0.2, 0.25) is 5.76 Å². The van der Waals surface area contributed by atoms with Crippen molar-refractivity contribution in [3.05, 3.63) is 11.5 Å². The third-order valence-corrected chi connectivity index (χ3v) is 1.15. The van der Waals surface area contributed by atoms with Crippen molar-refractivity contribution in [3.63, 3.8) is 0 Å². The standard InChI is InChI=1S/C7H12O6/c1-4(9)6(11)7(12)13-3-5(10)2-8/h5,8-11H,2-3H2,1H3/b6-4-/t5-/m0/s1. The monoisotopic (exact) mass is 192 g/mol. The molecule has 0 unspecified atom stereocenters. The fourth-order valence-electron chi connectivity index (χ4n) is 0.441. The van der Waals surface area contributed by atoms with E-state index in [2.05, 4.69) is 4.74 Å². The lowest BCUT2D eigenvalue weighted by atomic mass is 10.4. The number of allylic oxidation sites excluding steroid dienone is 1. The van der Waals surface area contributed by atoms with Crippen molar-refractivity contribution >= 4 is 5.97 Å². The Morgan fingerprint density at radius 2 is 2.00 bits per heavy atom. The van der Waals surface area contributed by atoms with Crippen LogP contribution in [0.25, 0.3) is 0 Å². The molecule has 13 heavy (non-hydrogen) atoms. The van der Waals surface area contributed by atoms with Gasteiger partial charge in [0.15, 0.2) is 0 Å². The summed E-state index contributed by atoms with van der Waals surface area (Å²) in [5.74, 6) is -2.62. The second kappa shape index (κ2) is 5.39. The van der Waals surface area contributed by atoms with Crippen LogP contribution >= 0.6 is 0 Å². The molecule has 0 aromatic rings. The molecule has 4 N–H and O–H groups in total. The molecule has 0 radical (unpaired) electrons. The van der Waals surface area contributed by atoms with Gasteiger partial charge in [-0.15, -0.1) is 0 Å². The Morgan fingerprint density at radius 3 is 2.38 bits per heavy atom. The second-order valence-electron chi connectivity index (χ2n) is 2.37. The minimum absolute atomic E-state index is 0.438. The third kappa shape index (κ3) is 4.34. The molecular formula is C7H12O6. The molecule has 6 heteroatoms. The summed E-state index contributed by atoms with van der Waals surface area (Å²) in [5, 5.41) is 34.5. The highest BCUT2D eigenvalue weighted by molar-refractivity contribution is 5.86. The van der Waals surface area contributed by atoms with E-state index in [4.69, 9.17) is 20.4 Å². The molecule has 0 amide bonds. The smallest absolute Gasteiger partial charge is 0.377 e. The fourth-order valence-corrected chi connectivity index (χ4v) is 0.441. The fraction of sp³-hybridized carbons (Fsp3) is 0.571. The number of hydrogen-bond acceptors (Lipinski definition) is 6. The maximum absolute atomic E-state index is 10.7. The van der Waals surface area contributed by atoms with Gasteiger partial charge in [-0.2, -0.15) is 0 Å². The van der Waals surface area contributed by atoms with Gasteiger partial charge >= 0.3 is 5.97 Å². The highest BCUT2D eigenvalue weighted by Crippen LogP contribution is 1.99. The van der Waals surface area contributed by atoms with E-state index in [1.165, 1.54) is 0 Å². The van der Waals surface area contributed by atoms with E-state index in [1.54, 1.807) is 0 Å². The summed E-state index contributed by atoms with van der Waals surface area (Å²) in [7, 11) is 0. The van der Waals surface area contributed by atoms with Crippen LogP contribution < -0.4 is 0 Å². The lowest BCUT2D eigenvalue weighted by Crippen LogP contribution is -2.22. The summed E-state index contributed by atoms with van der Waals surface area (Å²) in [6, 6.07) is 0. The van der Waals surface area contributed by atoms with E-state index in [-0.39, 0.29) is 0 Å². The van der Waals surface area contributed by atoms with E-state index in [1.807, 2.05) is 0 Å². The largest absolute Gasteiger partial charge is 0.508 e. The predicted octanol–water partition coefficient (Wildman–Crippen LogP) is -0.770. The number of rotatable bonds is 4. The average molecular weight is 192 g/mol. The topological polar surface area (TPSA) is 107 Å². The molecule has 0 rings (SSSR count). The van der Waals surface area contributed by atoms with E-state index in [0.29, 0.717) is 0 Å². The molecule has 0 saturated heterocycles. The molecule has 0 bridgehead atoms. The summed E-state index contributed by atoms with van der Waals surface area (Å²) in [5.41, 5.74) is 0. The molecule has 0 aromatic carbocycles. The normalized spacial score (nSPS) is 14.7. The second-order valence-corrected chi connectivity index (χ2v) is 2.37. The molecule has 0 aliphatic rings. The third-order valence-electron chi connectivity index (χ3n) is 1.15. The maximum Gasteiger partial charge on any atom is 0.377 e. The number of carbonyl (C=O) groups is 1. The lowest BCUT2D eigenvalue weighted by molar-refractivity contribution is -0.146. The summed E-state index contributed by atoms with van der Waals surface area (Å²) in [4.78, 5) is 10.7. The first-order valence-corrected chi connectivity index (χ1v) is 3.54. The van der Waals surface area contributed by atoms with Crippen molar-refractivity contribution in [3.8, 4) is 0 Å². The molecule has 0 aliphatic carbocycles. The van der Waals surface area contributed by atoms with Crippen LogP contribution in [0.1, 0.15) is 6.92 Å². The number of aliphatic hydroxyl groups excluding tert-OH is 4. The SMILES string of the molecule is C/C(O)=C(/O)C(=O)OC[C@@H](O)CO. The quantitative estimate of drug-likeness (QED) is 0.265. The van der Waals surface area contributed by atoms with Gasteiger partial charge in [0.05, 0.1) is 6.61 Å². The number of aliphatic hydroxyl groups is 4. The number of carbonyl (C=O) groups excluding carboxylic acids is 1. The summed E-state index contributed by atoms with van der Waals surface area (Å²) in [6.07, 6.45) is -1.18. The Labute approximate surface area is 74.7 Å². The molecule has 76 valence electrons. The maximum atomic E-state index is 10.7. The van der Waals surface area contributed by atoms with Crippen LogP contribution in [-0.4, -0.2) is 45.7 Å². The number of esters is 1. The zero-order valence-electron chi connectivity index (χ0n) is 7.10. The van der Waals surface area contributed by atoms with Crippen molar-refractivity contribution in [1.29, 1.82) is 0 Å². The van der Waals surface area contributed by atoms with Crippen LogP contribution in [0.15, 0.2) is 11.5 Å². The zero-order valence-corrected chi connectivity index (χ0v) is 7.10. The molecule has 0 aliphatic heterocycles. The van der Waals surface area contributed by atoms with Crippen molar-refractivity contribution in [2.75, 3.05) is 13.2 Å². The Morgan fingerprint density at radius 1 is 1.46 bits per heavy atom. The first-order valence-electron chi connectivity index (χ1n) is 3.54. The Kier molecular flexibility index (Phi) is 4.86. The van der Waals surface area contributed by atoms with Crippen molar-refractivity contribution in [2.45, 2.75) is 13.0 Å². The highest BCUT2D eigenvalue weighted by atomic mass is 16.6. The first-order chi connectivity index (χ1) is 5.99. The molecule has 0 spiro atoms. The van der Waals surface area contributed by atoms with Crippen molar-refractivity contribution in [1.82, 2.24) is 0 Å². The van der Waals surface area contributed by atoms with Gasteiger partial charge in [-0.1, -0.05) is 0 Å². The van der Waals surface area contributed by atoms with Crippen LogP contribution in [0.5, 0.6) is 0 Å². The zero-order chi connectivity index (χ0) is 10.4. The molecule has 1 atom stereocenters. The average Bonchev–Trinajstić information content (AvgIpc) is 2.11. The number of hydrogen-bond donors (Lipinski definition) is 4. The lowest BCUT2D eigenvalue weighted by Gasteiger charge is -2.07. The van der Waals surface area contributed by atoms with Gasteiger partial charge in [-0.25, -0.2) is 4.79 Å². The van der Waals surface area contributed by atoms with Crippen LogP contribution in [0.4, 0.5) is 0 Å². The minimum atomic E-state index is -1.18. The van der Waals surface area contributed by atoms with E-state index < -0.39 is 36.8 Å². The van der Waals surface area contributed by atoms with Crippen LogP contribution in [0.2, 0.25) is 0 Å². The Balaban J connectivity index is 3.96. The van der Waals surface area contributed by atoms with Gasteiger partial charge in [0.1, 0.15) is 18.5 Å². The van der Waals surface area contributed by atoms with Gasteiger partial charge < -0.3 is 25.2 Å². The van der Waals surface area contributed by atoms with Crippen molar-refractivity contribution in [2.24, 2.45) is 0 Å². The van der Waals surface area contributed by atoms with E-state index in [0.717, 1.165) is 6.92 Å². The molecule has 0 fully saturated rings. The summed E-state index contributed by atoms with van der Waals surface area (Å²) < 4.78 is 4.30. The first kappa shape index (κ1) is 11.7. The summed E-state index contributed by atoms with van der Waals surface area (Å²) >= 11 is 0. The van der Waals surface area contributed by atoms with Gasteiger partial charge in [-0.3, -0.25) is 0 Å². The highest BCUT2D eigenvalue weighted by Gasteiger charge is 2.14. The Hall–Kier alpha value is -1.27. The van der Waals surface area contributed by atoms with E-state index in [9.17, 15) is 4.79 Å². The molecule has 0 heterocycles. The van der Waals surface area contributed by atoms with Gasteiger partial charge in [0, 0.05) is 0 Å². The van der Waals surface area contributed by atoms with Gasteiger partial charge in [-0.05, 0) is 6.92 Å². The van der Waals surface area contributed by atoms with Crippen molar-refractivity contribution < 1.29 is 30.0 Å². The van der Waals surface area contributed by atoms with E-state index >= 15 is 0 Å².